The second kappa shape index (κ2) is 6.69. The third-order valence-electron chi connectivity index (χ3n) is 3.70. The highest BCUT2D eigenvalue weighted by molar-refractivity contribution is 6.30. The number of amides is 1. The molecule has 2 rings (SSSR count). The summed E-state index contributed by atoms with van der Waals surface area (Å²) in [6.07, 6.45) is 2.43. The average Bonchev–Trinajstić information content (AvgIpc) is 2.33. The smallest absolute Gasteiger partial charge is 0.408 e. The summed E-state index contributed by atoms with van der Waals surface area (Å²) in [7, 11) is 0. The molecule has 1 aromatic rings. The van der Waals surface area contributed by atoms with Crippen molar-refractivity contribution in [2.24, 2.45) is 5.92 Å². The van der Waals surface area contributed by atoms with Crippen LogP contribution in [-0.4, -0.2) is 23.5 Å². The third-order valence-corrected chi connectivity index (χ3v) is 3.96. The quantitative estimate of drug-likeness (QED) is 0.844. The maximum Gasteiger partial charge on any atom is 0.408 e. The van der Waals surface area contributed by atoms with E-state index in [4.69, 9.17) is 16.3 Å². The van der Waals surface area contributed by atoms with E-state index in [0.29, 0.717) is 10.6 Å². The lowest BCUT2D eigenvalue weighted by Gasteiger charge is -2.33. The second-order valence-corrected chi connectivity index (χ2v) is 7.12. The van der Waals surface area contributed by atoms with E-state index in [1.807, 2.05) is 0 Å². The highest BCUT2D eigenvalue weighted by Gasteiger charge is 2.35. The number of carbonyl (C=O) groups is 2. The highest BCUT2D eigenvalue weighted by Crippen LogP contribution is 2.31. The summed E-state index contributed by atoms with van der Waals surface area (Å²) in [5.41, 5.74) is -0.0326. The maximum atomic E-state index is 12.7. The van der Waals surface area contributed by atoms with Gasteiger partial charge in [0, 0.05) is 10.6 Å². The highest BCUT2D eigenvalue weighted by atomic mass is 35.5. The molecule has 1 aromatic carbocycles. The van der Waals surface area contributed by atoms with E-state index in [-0.39, 0.29) is 11.7 Å². The summed E-state index contributed by atoms with van der Waals surface area (Å²) in [6.45, 7) is 5.39. The number of rotatable bonds is 4. The molecule has 120 valence electrons. The molecule has 0 bridgehead atoms. The van der Waals surface area contributed by atoms with E-state index in [2.05, 4.69) is 5.32 Å². The molecule has 4 nitrogen and oxygen atoms in total. The summed E-state index contributed by atoms with van der Waals surface area (Å²) in [5.74, 6) is 0.0860. The Labute approximate surface area is 136 Å². The van der Waals surface area contributed by atoms with Gasteiger partial charge in [0.05, 0.1) is 6.04 Å². The summed E-state index contributed by atoms with van der Waals surface area (Å²) in [5, 5.41) is 3.33. The second-order valence-electron chi connectivity index (χ2n) is 6.69. The van der Waals surface area contributed by atoms with Gasteiger partial charge in [0.2, 0.25) is 0 Å². The molecule has 1 saturated carbocycles. The molecule has 0 aliphatic heterocycles. The van der Waals surface area contributed by atoms with Crippen LogP contribution in [0.4, 0.5) is 4.79 Å². The zero-order valence-corrected chi connectivity index (χ0v) is 13.9. The van der Waals surface area contributed by atoms with Crippen molar-refractivity contribution < 1.29 is 14.3 Å². The molecule has 0 radical (unpaired) electrons. The minimum absolute atomic E-state index is 0.0905. The number of hydrogen-bond acceptors (Lipinski definition) is 3. The lowest BCUT2D eigenvalue weighted by molar-refractivity contribution is 0.0447. The Bertz CT molecular complexity index is 544. The monoisotopic (exact) mass is 323 g/mol. The van der Waals surface area contributed by atoms with E-state index in [1.54, 1.807) is 45.0 Å². The SMILES string of the molecule is CC(C)(C)OC(=O)NC(C(=O)c1ccc(Cl)cc1)C1CCC1. The predicted octanol–water partition coefficient (Wildman–Crippen LogP) is 4.22. The normalized spacial score (nSPS) is 16.5. The van der Waals surface area contributed by atoms with Crippen LogP contribution in [-0.2, 0) is 4.74 Å². The molecular weight excluding hydrogens is 302 g/mol. The van der Waals surface area contributed by atoms with E-state index in [1.165, 1.54) is 0 Å². The standard InChI is InChI=1S/C17H22ClNO3/c1-17(2,3)22-16(21)19-14(11-5-4-6-11)15(20)12-7-9-13(18)10-8-12/h7-11,14H,4-6H2,1-3H3,(H,19,21). The molecule has 1 N–H and O–H groups in total. The largest absolute Gasteiger partial charge is 0.444 e. The van der Waals surface area contributed by atoms with E-state index in [0.717, 1.165) is 19.3 Å². The number of halogens is 1. The number of Topliss-reactive ketones (excluding diaryl/α,β-unsaturated/α-hetero) is 1. The Kier molecular flexibility index (Phi) is 5.12. The summed E-state index contributed by atoms with van der Waals surface area (Å²) >= 11 is 5.85. The number of benzene rings is 1. The fourth-order valence-corrected chi connectivity index (χ4v) is 2.52. The van der Waals surface area contributed by atoms with Crippen LogP contribution in [0, 0.1) is 5.92 Å². The van der Waals surface area contributed by atoms with Gasteiger partial charge in [0.25, 0.3) is 0 Å². The predicted molar refractivity (Wildman–Crippen MR) is 86.3 cm³/mol. The first-order valence-electron chi connectivity index (χ1n) is 7.55. The molecule has 0 heterocycles. The first-order chi connectivity index (χ1) is 10.3. The van der Waals surface area contributed by atoms with Gasteiger partial charge in [-0.15, -0.1) is 0 Å². The summed E-state index contributed by atoms with van der Waals surface area (Å²) < 4.78 is 5.27. The van der Waals surface area contributed by atoms with Crippen LogP contribution in [0.25, 0.3) is 0 Å². The number of nitrogens with one attached hydrogen (secondary N) is 1. The Morgan fingerprint density at radius 2 is 1.82 bits per heavy atom. The zero-order valence-electron chi connectivity index (χ0n) is 13.2. The van der Waals surface area contributed by atoms with E-state index in [9.17, 15) is 9.59 Å². The molecule has 1 atom stereocenters. The maximum absolute atomic E-state index is 12.7. The van der Waals surface area contributed by atoms with Crippen LogP contribution in [0.1, 0.15) is 50.4 Å². The summed E-state index contributed by atoms with van der Waals surface area (Å²) in [6, 6.07) is 6.20. The Morgan fingerprint density at radius 1 is 1.23 bits per heavy atom. The van der Waals surface area contributed by atoms with Gasteiger partial charge in [-0.25, -0.2) is 4.79 Å². The van der Waals surface area contributed by atoms with E-state index < -0.39 is 17.7 Å². The molecule has 5 heteroatoms. The van der Waals surface area contributed by atoms with Crippen molar-refractivity contribution in [3.8, 4) is 0 Å². The van der Waals surface area contributed by atoms with Gasteiger partial charge in [-0.1, -0.05) is 18.0 Å². The Balaban J connectivity index is 2.10. The molecule has 1 unspecified atom stereocenters. The number of alkyl carbamates (subject to hydrolysis) is 1. The van der Waals surface area contributed by atoms with Crippen molar-refractivity contribution in [1.29, 1.82) is 0 Å². The minimum atomic E-state index is -0.586. The Hall–Kier alpha value is -1.55. The first-order valence-corrected chi connectivity index (χ1v) is 7.93. The van der Waals surface area contributed by atoms with Crippen LogP contribution in [0.5, 0.6) is 0 Å². The molecule has 22 heavy (non-hydrogen) atoms. The lowest BCUT2D eigenvalue weighted by atomic mass is 9.77. The van der Waals surface area contributed by atoms with Gasteiger partial charge < -0.3 is 10.1 Å². The van der Waals surface area contributed by atoms with Crippen LogP contribution in [0.2, 0.25) is 5.02 Å². The number of ether oxygens (including phenoxy) is 1. The van der Waals surface area contributed by atoms with Gasteiger partial charge >= 0.3 is 6.09 Å². The number of ketones is 1. The van der Waals surface area contributed by atoms with Gasteiger partial charge in [-0.05, 0) is 63.8 Å². The fourth-order valence-electron chi connectivity index (χ4n) is 2.40. The molecule has 1 fully saturated rings. The van der Waals surface area contributed by atoms with Crippen LogP contribution in [0.3, 0.4) is 0 Å². The molecule has 1 aliphatic rings. The van der Waals surface area contributed by atoms with Crippen molar-refractivity contribution in [1.82, 2.24) is 5.32 Å². The van der Waals surface area contributed by atoms with Gasteiger partial charge in [0.15, 0.2) is 5.78 Å². The molecule has 0 saturated heterocycles. The van der Waals surface area contributed by atoms with Crippen LogP contribution >= 0.6 is 11.6 Å². The van der Waals surface area contributed by atoms with Crippen LogP contribution in [0.15, 0.2) is 24.3 Å². The minimum Gasteiger partial charge on any atom is -0.444 e. The summed E-state index contributed by atoms with van der Waals surface area (Å²) in [4.78, 5) is 24.7. The van der Waals surface area contributed by atoms with Crippen molar-refractivity contribution in [3.63, 3.8) is 0 Å². The van der Waals surface area contributed by atoms with Crippen LogP contribution < -0.4 is 5.32 Å². The van der Waals surface area contributed by atoms with E-state index >= 15 is 0 Å². The van der Waals surface area contributed by atoms with Crippen molar-refractivity contribution >= 4 is 23.5 Å². The number of hydrogen-bond donors (Lipinski definition) is 1. The Morgan fingerprint density at radius 3 is 2.27 bits per heavy atom. The van der Waals surface area contributed by atoms with Gasteiger partial charge in [0.1, 0.15) is 5.60 Å². The topological polar surface area (TPSA) is 55.4 Å². The fraction of sp³-hybridized carbons (Fsp3) is 0.529. The average molecular weight is 324 g/mol. The van der Waals surface area contributed by atoms with Gasteiger partial charge in [-0.2, -0.15) is 0 Å². The molecule has 0 spiro atoms. The number of carbonyl (C=O) groups excluding carboxylic acids is 2. The van der Waals surface area contributed by atoms with Crippen molar-refractivity contribution in [2.45, 2.75) is 51.7 Å². The van der Waals surface area contributed by atoms with Crippen molar-refractivity contribution in [2.75, 3.05) is 0 Å². The molecule has 0 aromatic heterocycles. The lowest BCUT2D eigenvalue weighted by Crippen LogP contribution is -2.49. The van der Waals surface area contributed by atoms with Gasteiger partial charge in [-0.3, -0.25) is 4.79 Å². The zero-order chi connectivity index (χ0) is 16.3. The molecular formula is C17H22ClNO3. The third kappa shape index (κ3) is 4.47. The molecule has 1 aliphatic carbocycles. The van der Waals surface area contributed by atoms with Crippen molar-refractivity contribution in [3.05, 3.63) is 34.9 Å². The molecule has 1 amide bonds. The first kappa shape index (κ1) is 16.8.